The molecule has 0 atom stereocenters. The van der Waals surface area contributed by atoms with E-state index in [1.807, 2.05) is 12.1 Å². The van der Waals surface area contributed by atoms with Crippen molar-refractivity contribution in [1.29, 1.82) is 0 Å². The van der Waals surface area contributed by atoms with E-state index < -0.39 is 5.97 Å². The van der Waals surface area contributed by atoms with Gasteiger partial charge >= 0.3 is 5.97 Å². The van der Waals surface area contributed by atoms with Gasteiger partial charge in [0.05, 0.1) is 31.0 Å². The number of esters is 1. The van der Waals surface area contributed by atoms with E-state index in [0.717, 1.165) is 5.76 Å². The molecule has 3 rings (SSSR count). The first-order valence-corrected chi connectivity index (χ1v) is 7.88. The molecule has 3 aromatic rings. The third-order valence-electron chi connectivity index (χ3n) is 3.59. The van der Waals surface area contributed by atoms with E-state index in [1.54, 1.807) is 42.7 Å². The van der Waals surface area contributed by atoms with E-state index in [9.17, 15) is 9.59 Å². The largest absolute Gasteiger partial charge is 0.467 e. The Morgan fingerprint density at radius 3 is 2.69 bits per heavy atom. The lowest BCUT2D eigenvalue weighted by atomic mass is 10.2. The van der Waals surface area contributed by atoms with Crippen LogP contribution in [0.15, 0.2) is 65.4 Å². The molecule has 0 saturated heterocycles. The molecule has 0 aliphatic heterocycles. The van der Waals surface area contributed by atoms with Crippen LogP contribution >= 0.6 is 0 Å². The lowest BCUT2D eigenvalue weighted by molar-refractivity contribution is 0.0600. The second kappa shape index (κ2) is 7.98. The van der Waals surface area contributed by atoms with Crippen molar-refractivity contribution < 1.29 is 18.7 Å². The van der Waals surface area contributed by atoms with Crippen LogP contribution in [0.2, 0.25) is 0 Å². The van der Waals surface area contributed by atoms with E-state index >= 15 is 0 Å². The highest BCUT2D eigenvalue weighted by molar-refractivity contribution is 6.04. The number of nitrogens with zero attached hydrogens (tertiary/aromatic N) is 1. The molecule has 0 aliphatic rings. The Labute approximate surface area is 150 Å². The number of hydrogen-bond acceptors (Lipinski definition) is 6. The normalized spacial score (nSPS) is 10.2. The van der Waals surface area contributed by atoms with E-state index in [0.29, 0.717) is 29.2 Å². The van der Waals surface area contributed by atoms with Gasteiger partial charge in [-0.05, 0) is 42.5 Å². The van der Waals surface area contributed by atoms with Gasteiger partial charge in [-0.25, -0.2) is 9.78 Å². The fraction of sp³-hybridized carbons (Fsp3) is 0.105. The molecule has 0 fully saturated rings. The zero-order chi connectivity index (χ0) is 18.4. The third kappa shape index (κ3) is 4.27. The highest BCUT2D eigenvalue weighted by atomic mass is 16.5. The number of aromatic nitrogens is 1. The molecule has 132 valence electrons. The van der Waals surface area contributed by atoms with Gasteiger partial charge in [-0.15, -0.1) is 0 Å². The summed E-state index contributed by atoms with van der Waals surface area (Å²) in [6.45, 7) is 0.506. The van der Waals surface area contributed by atoms with E-state index in [4.69, 9.17) is 4.42 Å². The van der Waals surface area contributed by atoms with Gasteiger partial charge < -0.3 is 19.8 Å². The number of nitrogens with one attached hydrogen (secondary N) is 2. The average Bonchev–Trinajstić information content (AvgIpc) is 3.20. The number of hydrogen-bond donors (Lipinski definition) is 2. The Morgan fingerprint density at radius 2 is 2.00 bits per heavy atom. The molecule has 26 heavy (non-hydrogen) atoms. The van der Waals surface area contributed by atoms with Crippen molar-refractivity contribution in [1.82, 2.24) is 4.98 Å². The molecule has 0 saturated carbocycles. The van der Waals surface area contributed by atoms with Crippen LogP contribution in [0.4, 0.5) is 11.5 Å². The molecule has 7 heteroatoms. The second-order valence-corrected chi connectivity index (χ2v) is 5.39. The molecule has 2 N–H and O–H groups in total. The molecule has 1 aromatic carbocycles. The first kappa shape index (κ1) is 17.2. The number of amides is 1. The van der Waals surface area contributed by atoms with Gasteiger partial charge in [0, 0.05) is 11.9 Å². The van der Waals surface area contributed by atoms with Crippen LogP contribution in [-0.4, -0.2) is 24.0 Å². The molecule has 0 spiro atoms. The zero-order valence-electron chi connectivity index (χ0n) is 14.1. The Morgan fingerprint density at radius 1 is 1.12 bits per heavy atom. The van der Waals surface area contributed by atoms with Crippen molar-refractivity contribution >= 4 is 23.4 Å². The van der Waals surface area contributed by atoms with Gasteiger partial charge in [0.15, 0.2) is 0 Å². The number of furan rings is 1. The molecule has 0 radical (unpaired) electrons. The van der Waals surface area contributed by atoms with Crippen LogP contribution in [-0.2, 0) is 11.3 Å². The van der Waals surface area contributed by atoms with Crippen molar-refractivity contribution in [2.75, 3.05) is 17.7 Å². The minimum atomic E-state index is -0.463. The van der Waals surface area contributed by atoms with Crippen LogP contribution < -0.4 is 10.6 Å². The maximum Gasteiger partial charge on any atom is 0.337 e. The lowest BCUT2D eigenvalue weighted by Gasteiger charge is -2.08. The summed E-state index contributed by atoms with van der Waals surface area (Å²) in [4.78, 5) is 28.1. The quantitative estimate of drug-likeness (QED) is 0.662. The van der Waals surface area contributed by atoms with Gasteiger partial charge in [-0.1, -0.05) is 6.07 Å². The lowest BCUT2D eigenvalue weighted by Crippen LogP contribution is -2.13. The molecule has 2 aromatic heterocycles. The van der Waals surface area contributed by atoms with Crippen molar-refractivity contribution in [3.8, 4) is 0 Å². The Balaban J connectivity index is 1.62. The average molecular weight is 351 g/mol. The van der Waals surface area contributed by atoms with Crippen LogP contribution in [0.25, 0.3) is 0 Å². The summed E-state index contributed by atoms with van der Waals surface area (Å²) in [6, 6.07) is 13.6. The second-order valence-electron chi connectivity index (χ2n) is 5.39. The van der Waals surface area contributed by atoms with Gasteiger partial charge in [0.25, 0.3) is 5.91 Å². The van der Waals surface area contributed by atoms with Crippen LogP contribution in [0.5, 0.6) is 0 Å². The summed E-state index contributed by atoms with van der Waals surface area (Å²) >= 11 is 0. The molecule has 2 heterocycles. The van der Waals surface area contributed by atoms with Crippen molar-refractivity contribution in [2.45, 2.75) is 6.54 Å². The van der Waals surface area contributed by atoms with Crippen LogP contribution in [0.1, 0.15) is 26.5 Å². The first-order chi connectivity index (χ1) is 12.7. The summed E-state index contributed by atoms with van der Waals surface area (Å²) in [5, 5.41) is 5.83. The number of benzene rings is 1. The maximum absolute atomic E-state index is 12.3. The van der Waals surface area contributed by atoms with Gasteiger partial charge in [-0.3, -0.25) is 4.79 Å². The SMILES string of the molecule is COC(=O)c1cccc(NC(=O)c2ccc(NCc3ccco3)nc2)c1. The van der Waals surface area contributed by atoms with Gasteiger partial charge in [0.2, 0.25) is 0 Å². The zero-order valence-corrected chi connectivity index (χ0v) is 14.1. The van der Waals surface area contributed by atoms with Gasteiger partial charge in [-0.2, -0.15) is 0 Å². The smallest absolute Gasteiger partial charge is 0.337 e. The van der Waals surface area contributed by atoms with E-state index in [-0.39, 0.29) is 5.91 Å². The van der Waals surface area contributed by atoms with Crippen LogP contribution in [0, 0.1) is 0 Å². The van der Waals surface area contributed by atoms with Gasteiger partial charge in [0.1, 0.15) is 11.6 Å². The maximum atomic E-state index is 12.3. The van der Waals surface area contributed by atoms with E-state index in [2.05, 4.69) is 20.4 Å². The Kier molecular flexibility index (Phi) is 5.28. The minimum Gasteiger partial charge on any atom is -0.467 e. The summed E-state index contributed by atoms with van der Waals surface area (Å²) in [5.74, 6) is 0.636. The molecule has 0 unspecified atom stereocenters. The first-order valence-electron chi connectivity index (χ1n) is 7.88. The standard InChI is InChI=1S/C19H17N3O4/c1-25-19(24)13-4-2-5-15(10-13)22-18(23)14-7-8-17(20-11-14)21-12-16-6-3-9-26-16/h2-11H,12H2,1H3,(H,20,21)(H,22,23). The highest BCUT2D eigenvalue weighted by Gasteiger charge is 2.10. The van der Waals surface area contributed by atoms with Crippen molar-refractivity contribution in [3.63, 3.8) is 0 Å². The topological polar surface area (TPSA) is 93.5 Å². The summed E-state index contributed by atoms with van der Waals surface area (Å²) in [6.07, 6.45) is 3.08. The third-order valence-corrected chi connectivity index (χ3v) is 3.59. The summed E-state index contributed by atoms with van der Waals surface area (Å²) in [5.41, 5.74) is 1.26. The number of carbonyl (C=O) groups excluding carboxylic acids is 2. The highest BCUT2D eigenvalue weighted by Crippen LogP contribution is 2.14. The number of pyridine rings is 1. The monoisotopic (exact) mass is 351 g/mol. The van der Waals surface area contributed by atoms with Crippen molar-refractivity contribution in [3.05, 3.63) is 77.9 Å². The number of ether oxygens (including phenoxy) is 1. The van der Waals surface area contributed by atoms with E-state index in [1.165, 1.54) is 13.3 Å². The fourth-order valence-corrected chi connectivity index (χ4v) is 2.27. The number of anilines is 2. The minimum absolute atomic E-state index is 0.322. The number of carbonyl (C=O) groups is 2. The predicted octanol–water partition coefficient (Wildman–Crippen LogP) is 3.33. The van der Waals surface area contributed by atoms with Crippen molar-refractivity contribution in [2.24, 2.45) is 0 Å². The molecule has 0 bridgehead atoms. The number of methoxy groups -OCH3 is 1. The molecule has 0 aliphatic carbocycles. The Bertz CT molecular complexity index is 889. The molecule has 1 amide bonds. The summed E-state index contributed by atoms with van der Waals surface area (Å²) in [7, 11) is 1.31. The predicted molar refractivity (Wildman–Crippen MR) is 96.0 cm³/mol. The fourth-order valence-electron chi connectivity index (χ4n) is 2.27. The molecular weight excluding hydrogens is 334 g/mol. The molecular formula is C19H17N3O4. The summed E-state index contributed by atoms with van der Waals surface area (Å²) < 4.78 is 9.90. The number of rotatable bonds is 6. The van der Waals surface area contributed by atoms with Crippen LogP contribution in [0.3, 0.4) is 0 Å². The Hall–Kier alpha value is -3.61. The molecule has 7 nitrogen and oxygen atoms in total.